The maximum atomic E-state index is 13.7. The number of methoxy groups -OCH3 is 1. The monoisotopic (exact) mass is 586 g/mol. The second-order valence-corrected chi connectivity index (χ2v) is 12.2. The molecule has 0 aliphatic carbocycles. The van der Waals surface area contributed by atoms with Crippen LogP contribution in [0.1, 0.15) is 41.2 Å². The van der Waals surface area contributed by atoms with Crippen molar-refractivity contribution in [3.63, 3.8) is 0 Å². The summed E-state index contributed by atoms with van der Waals surface area (Å²) < 4.78 is 46.3. The van der Waals surface area contributed by atoms with E-state index in [9.17, 15) is 18.3 Å². The number of nitrogens with zero attached hydrogens (tertiary/aromatic N) is 3. The summed E-state index contributed by atoms with van der Waals surface area (Å²) in [6, 6.07) is 12.1. The van der Waals surface area contributed by atoms with Gasteiger partial charge in [0.05, 0.1) is 31.0 Å². The number of hydrogen-bond acceptors (Lipinski definition) is 9. The number of likely N-dealkylation sites (N-methyl/N-ethyl adjacent to an activating group) is 1. The van der Waals surface area contributed by atoms with Crippen LogP contribution in [0.5, 0.6) is 11.5 Å². The highest BCUT2D eigenvalue weighted by Gasteiger charge is 2.35. The van der Waals surface area contributed by atoms with E-state index in [2.05, 4.69) is 14.8 Å². The van der Waals surface area contributed by atoms with Gasteiger partial charge in [0, 0.05) is 25.6 Å². The minimum atomic E-state index is -4.11. The van der Waals surface area contributed by atoms with Gasteiger partial charge in [0.1, 0.15) is 17.5 Å². The molecule has 12 heteroatoms. The molecular formula is C29H38N4O7S. The molecule has 0 bridgehead atoms. The van der Waals surface area contributed by atoms with Gasteiger partial charge in [0.15, 0.2) is 16.4 Å². The molecule has 2 heterocycles. The zero-order chi connectivity index (χ0) is 29.9. The number of aliphatic hydroxyl groups excluding tert-OH is 1. The Morgan fingerprint density at radius 3 is 2.54 bits per heavy atom. The van der Waals surface area contributed by atoms with Crippen molar-refractivity contribution >= 4 is 21.6 Å². The largest absolute Gasteiger partial charge is 0.497 e. The van der Waals surface area contributed by atoms with E-state index in [0.717, 1.165) is 11.3 Å². The van der Waals surface area contributed by atoms with E-state index in [0.29, 0.717) is 19.6 Å². The topological polar surface area (TPSA) is 134 Å². The van der Waals surface area contributed by atoms with Crippen LogP contribution in [0.2, 0.25) is 0 Å². The van der Waals surface area contributed by atoms with Crippen LogP contribution in [-0.4, -0.2) is 80.4 Å². The first-order valence-electron chi connectivity index (χ1n) is 13.4. The number of nitrogens with one attached hydrogen (secondary N) is 1. The van der Waals surface area contributed by atoms with Gasteiger partial charge in [-0.3, -0.25) is 14.4 Å². The van der Waals surface area contributed by atoms with Gasteiger partial charge >= 0.3 is 0 Å². The summed E-state index contributed by atoms with van der Waals surface area (Å²) in [5.41, 5.74) is 1.65. The van der Waals surface area contributed by atoms with Crippen molar-refractivity contribution in [3.05, 3.63) is 65.0 Å². The summed E-state index contributed by atoms with van der Waals surface area (Å²) in [7, 11) is -0.507. The molecule has 1 amide bonds. The third kappa shape index (κ3) is 6.66. The van der Waals surface area contributed by atoms with Crippen molar-refractivity contribution in [2.24, 2.45) is 5.92 Å². The zero-order valence-corrected chi connectivity index (χ0v) is 25.1. The van der Waals surface area contributed by atoms with Gasteiger partial charge in [-0.05, 0) is 57.6 Å². The van der Waals surface area contributed by atoms with Gasteiger partial charge in [0.2, 0.25) is 0 Å². The number of ether oxygens (including phenoxy) is 2. The van der Waals surface area contributed by atoms with Crippen LogP contribution in [0.3, 0.4) is 0 Å². The summed E-state index contributed by atoms with van der Waals surface area (Å²) in [5.74, 6) is 0.570. The second kappa shape index (κ2) is 12.5. The molecule has 222 valence electrons. The molecule has 1 aliphatic heterocycles. The van der Waals surface area contributed by atoms with Crippen LogP contribution in [0.25, 0.3) is 0 Å². The lowest BCUT2D eigenvalue weighted by Crippen LogP contribution is -2.49. The number of benzene rings is 2. The quantitative estimate of drug-likeness (QED) is 0.366. The van der Waals surface area contributed by atoms with E-state index < -0.39 is 22.2 Å². The molecule has 41 heavy (non-hydrogen) atoms. The Morgan fingerprint density at radius 1 is 1.22 bits per heavy atom. The molecule has 0 fully saturated rings. The molecule has 1 aliphatic rings. The van der Waals surface area contributed by atoms with Gasteiger partial charge in [0.25, 0.3) is 15.9 Å². The summed E-state index contributed by atoms with van der Waals surface area (Å²) in [6.45, 7) is 8.11. The number of sulfonamides is 1. The van der Waals surface area contributed by atoms with Crippen molar-refractivity contribution < 1.29 is 32.3 Å². The van der Waals surface area contributed by atoms with E-state index in [1.54, 1.807) is 44.1 Å². The predicted octanol–water partition coefficient (Wildman–Crippen LogP) is 3.45. The predicted molar refractivity (Wildman–Crippen MR) is 154 cm³/mol. The number of rotatable bonds is 10. The van der Waals surface area contributed by atoms with Crippen LogP contribution in [0, 0.1) is 19.8 Å². The minimum absolute atomic E-state index is 0.0630. The molecule has 2 N–H and O–H groups in total. The molecule has 0 spiro atoms. The SMILES string of the molecule is COc1ccc(CN(C)C[C@H]2Oc3c(NS(=O)(=O)c4c(C)noc4C)cccc3C(=O)N([C@H](C)CO)C[C@H]2C)cc1. The fourth-order valence-corrected chi connectivity index (χ4v) is 6.40. The average Bonchev–Trinajstić information content (AvgIpc) is 3.29. The highest BCUT2D eigenvalue weighted by molar-refractivity contribution is 7.92. The van der Waals surface area contributed by atoms with E-state index in [-0.39, 0.29) is 51.8 Å². The van der Waals surface area contributed by atoms with Gasteiger partial charge in [-0.25, -0.2) is 8.42 Å². The van der Waals surface area contributed by atoms with Gasteiger partial charge in [-0.1, -0.05) is 30.3 Å². The number of carbonyl (C=O) groups excluding carboxylic acids is 1. The highest BCUT2D eigenvalue weighted by Crippen LogP contribution is 2.36. The zero-order valence-electron chi connectivity index (χ0n) is 24.2. The molecule has 11 nitrogen and oxygen atoms in total. The lowest BCUT2D eigenvalue weighted by atomic mass is 9.99. The maximum absolute atomic E-state index is 13.7. The lowest BCUT2D eigenvalue weighted by Gasteiger charge is -2.38. The molecule has 1 aromatic heterocycles. The molecule has 0 radical (unpaired) electrons. The first-order chi connectivity index (χ1) is 19.4. The van der Waals surface area contributed by atoms with Crippen LogP contribution in [0.4, 0.5) is 5.69 Å². The fraction of sp³-hybridized carbons (Fsp3) is 0.448. The first-order valence-corrected chi connectivity index (χ1v) is 14.9. The number of amides is 1. The van der Waals surface area contributed by atoms with E-state index in [1.165, 1.54) is 6.92 Å². The summed E-state index contributed by atoms with van der Waals surface area (Å²) in [6.07, 6.45) is -0.414. The van der Waals surface area contributed by atoms with Crippen LogP contribution < -0.4 is 14.2 Å². The third-order valence-electron chi connectivity index (χ3n) is 7.28. The Labute approximate surface area is 241 Å². The molecule has 0 saturated carbocycles. The van der Waals surface area contributed by atoms with Crippen molar-refractivity contribution in [1.29, 1.82) is 0 Å². The Bertz CT molecular complexity index is 1450. The van der Waals surface area contributed by atoms with Crippen molar-refractivity contribution in [1.82, 2.24) is 15.0 Å². The smallest absolute Gasteiger partial charge is 0.267 e. The molecule has 0 unspecified atom stereocenters. The molecule has 3 atom stereocenters. The van der Waals surface area contributed by atoms with Crippen molar-refractivity contribution in [2.45, 2.75) is 51.3 Å². The molecule has 0 saturated heterocycles. The van der Waals surface area contributed by atoms with E-state index >= 15 is 0 Å². The third-order valence-corrected chi connectivity index (χ3v) is 8.88. The summed E-state index contributed by atoms with van der Waals surface area (Å²) in [5, 5.41) is 13.7. The van der Waals surface area contributed by atoms with E-state index in [1.807, 2.05) is 38.2 Å². The van der Waals surface area contributed by atoms with Gasteiger partial charge in [-0.2, -0.15) is 0 Å². The fourth-order valence-electron chi connectivity index (χ4n) is 5.01. The van der Waals surface area contributed by atoms with Crippen molar-refractivity contribution in [2.75, 3.05) is 38.6 Å². The Hall–Kier alpha value is -3.61. The molecule has 4 rings (SSSR count). The number of carbonyl (C=O) groups is 1. The number of para-hydroxylation sites is 1. The standard InChI is InChI=1S/C29H38N4O7S/c1-18-14-33(19(2)17-34)29(35)24-8-7-9-25(31-41(36,37)28-20(3)30-40-21(28)4)27(24)39-26(18)16-32(5)15-22-10-12-23(38-6)13-11-22/h7-13,18-19,26,31,34H,14-17H2,1-6H3/t18-,19-,26-/m1/s1. The number of aryl methyl sites for hydroxylation is 2. The maximum Gasteiger partial charge on any atom is 0.267 e. The Kier molecular flexibility index (Phi) is 9.25. The first kappa shape index (κ1) is 30.4. The lowest BCUT2D eigenvalue weighted by molar-refractivity contribution is 0.0344. The number of aliphatic hydroxyl groups is 1. The number of anilines is 1. The number of aromatic nitrogens is 1. The van der Waals surface area contributed by atoms with Crippen LogP contribution in [-0.2, 0) is 16.6 Å². The van der Waals surface area contributed by atoms with Crippen LogP contribution in [0.15, 0.2) is 51.9 Å². The summed E-state index contributed by atoms with van der Waals surface area (Å²) in [4.78, 5) is 17.4. The van der Waals surface area contributed by atoms with Crippen LogP contribution >= 0.6 is 0 Å². The molecular weight excluding hydrogens is 548 g/mol. The second-order valence-electron chi connectivity index (χ2n) is 10.6. The highest BCUT2D eigenvalue weighted by atomic mass is 32.2. The average molecular weight is 587 g/mol. The molecule has 3 aromatic rings. The minimum Gasteiger partial charge on any atom is -0.497 e. The van der Waals surface area contributed by atoms with Gasteiger partial charge in [-0.15, -0.1) is 0 Å². The molecule has 2 aromatic carbocycles. The Balaban J connectivity index is 1.70. The summed E-state index contributed by atoms with van der Waals surface area (Å²) >= 11 is 0. The van der Waals surface area contributed by atoms with Crippen molar-refractivity contribution in [3.8, 4) is 11.5 Å². The number of hydrogen-bond donors (Lipinski definition) is 2. The van der Waals surface area contributed by atoms with Gasteiger partial charge < -0.3 is 24.0 Å². The Morgan fingerprint density at radius 2 is 1.93 bits per heavy atom. The number of fused-ring (bicyclic) bond motifs is 1. The normalized spacial score (nSPS) is 18.3. The van der Waals surface area contributed by atoms with E-state index in [4.69, 9.17) is 14.0 Å².